The fourth-order valence-corrected chi connectivity index (χ4v) is 12.1. The molecule has 3 aliphatic carbocycles. The van der Waals surface area contributed by atoms with Crippen molar-refractivity contribution in [1.82, 2.24) is 4.98 Å². The Morgan fingerprint density at radius 2 is 1.13 bits per heavy atom. The molecule has 0 saturated carbocycles. The molecule has 1 aromatic heterocycles. The number of aryl methyl sites for hydroxylation is 1. The van der Waals surface area contributed by atoms with Crippen LogP contribution in [0.5, 0.6) is 0 Å². The van der Waals surface area contributed by atoms with Crippen molar-refractivity contribution in [1.29, 1.82) is 0 Å². The molecule has 0 bridgehead atoms. The maximum atomic E-state index is 4.10. The molecule has 293 valence electrons. The molecule has 0 spiro atoms. The molecule has 0 unspecified atom stereocenters. The Kier molecular flexibility index (Phi) is 7.05. The first-order valence-corrected chi connectivity index (χ1v) is 22.1. The number of fused-ring (bicyclic) bond motifs is 12. The maximum absolute atomic E-state index is 4.10. The first-order chi connectivity index (χ1) is 28.7. The molecule has 8 aromatic rings. The Balaban J connectivity index is 1.18. The van der Waals surface area contributed by atoms with Gasteiger partial charge in [0.1, 0.15) is 0 Å². The normalized spacial score (nSPS) is 17.9. The minimum Gasteiger partial charge on any atom is -0.357 e. The van der Waals surface area contributed by atoms with Gasteiger partial charge in [0.15, 0.2) is 7.28 Å². The Bertz CT molecular complexity index is 3210. The van der Waals surface area contributed by atoms with E-state index in [-0.39, 0.29) is 21.7 Å². The molecule has 7 aromatic carbocycles. The van der Waals surface area contributed by atoms with Crippen LogP contribution in [-0.2, 0) is 21.7 Å². The monoisotopic (exact) mass is 775 g/mol. The number of aromatic amines is 1. The summed E-state index contributed by atoms with van der Waals surface area (Å²) in [5.74, 6) is 0. The quantitative estimate of drug-likeness (QED) is 0.173. The third-order valence-electron chi connectivity index (χ3n) is 15.6. The van der Waals surface area contributed by atoms with E-state index in [0.717, 1.165) is 0 Å². The van der Waals surface area contributed by atoms with Crippen molar-refractivity contribution in [2.75, 3.05) is 4.90 Å². The van der Waals surface area contributed by atoms with Gasteiger partial charge in [0, 0.05) is 50.1 Å². The summed E-state index contributed by atoms with van der Waals surface area (Å²) < 4.78 is 0. The lowest BCUT2D eigenvalue weighted by Gasteiger charge is -2.44. The Labute approximate surface area is 355 Å². The van der Waals surface area contributed by atoms with Crippen LogP contribution in [-0.4, -0.2) is 12.3 Å². The Hall–Kier alpha value is -5.80. The fourth-order valence-electron chi connectivity index (χ4n) is 12.1. The highest BCUT2D eigenvalue weighted by atomic mass is 15.2. The summed E-state index contributed by atoms with van der Waals surface area (Å²) in [6, 6.07) is 46.8. The molecular formula is C57H52BN2. The molecule has 0 atom stereocenters. The summed E-state index contributed by atoms with van der Waals surface area (Å²) in [6.07, 6.45) is 2.37. The Morgan fingerprint density at radius 3 is 1.90 bits per heavy atom. The van der Waals surface area contributed by atoms with Gasteiger partial charge >= 0.3 is 0 Å². The zero-order valence-corrected chi connectivity index (χ0v) is 36.5. The number of benzene rings is 7. The van der Waals surface area contributed by atoms with Crippen LogP contribution in [0.3, 0.4) is 0 Å². The van der Waals surface area contributed by atoms with Gasteiger partial charge in [-0.25, -0.2) is 0 Å². The van der Waals surface area contributed by atoms with Gasteiger partial charge < -0.3 is 9.88 Å². The molecule has 60 heavy (non-hydrogen) atoms. The average Bonchev–Trinajstić information content (AvgIpc) is 3.81. The topological polar surface area (TPSA) is 19.0 Å². The van der Waals surface area contributed by atoms with Crippen LogP contribution in [0.15, 0.2) is 121 Å². The molecule has 0 saturated heterocycles. The average molecular weight is 776 g/mol. The van der Waals surface area contributed by atoms with E-state index in [9.17, 15) is 0 Å². The number of hydrogen-bond donors (Lipinski definition) is 1. The molecule has 1 N–H and O–H groups in total. The van der Waals surface area contributed by atoms with E-state index in [4.69, 9.17) is 0 Å². The third-order valence-corrected chi connectivity index (χ3v) is 15.6. The maximum Gasteiger partial charge on any atom is 0.197 e. The van der Waals surface area contributed by atoms with Gasteiger partial charge in [0.25, 0.3) is 0 Å². The number of nitrogens with zero attached hydrogens (tertiary/aromatic N) is 1. The van der Waals surface area contributed by atoms with E-state index >= 15 is 0 Å². The van der Waals surface area contributed by atoms with E-state index in [1.165, 1.54) is 135 Å². The highest BCUT2D eigenvalue weighted by Crippen LogP contribution is 2.55. The molecule has 2 nitrogen and oxygen atoms in total. The van der Waals surface area contributed by atoms with Crippen LogP contribution < -0.4 is 15.8 Å². The van der Waals surface area contributed by atoms with Crippen LogP contribution >= 0.6 is 0 Å². The van der Waals surface area contributed by atoms with Gasteiger partial charge in [0.05, 0.1) is 5.52 Å². The van der Waals surface area contributed by atoms with Crippen molar-refractivity contribution in [3.8, 4) is 33.4 Å². The summed E-state index contributed by atoms with van der Waals surface area (Å²) in [5.41, 5.74) is 25.2. The predicted molar refractivity (Wildman–Crippen MR) is 256 cm³/mol. The number of anilines is 3. The van der Waals surface area contributed by atoms with E-state index in [1.807, 2.05) is 0 Å². The number of H-pyrrole nitrogens is 1. The lowest BCUT2D eigenvalue weighted by atomic mass is 9.56. The molecule has 3 heteroatoms. The van der Waals surface area contributed by atoms with Crippen LogP contribution in [0, 0.1) is 6.92 Å². The zero-order valence-electron chi connectivity index (χ0n) is 36.5. The van der Waals surface area contributed by atoms with E-state index in [2.05, 4.69) is 201 Å². The van der Waals surface area contributed by atoms with Crippen LogP contribution in [0.1, 0.15) is 107 Å². The van der Waals surface area contributed by atoms with Gasteiger partial charge in [0.2, 0.25) is 0 Å². The van der Waals surface area contributed by atoms with E-state index in [1.54, 1.807) is 0 Å². The number of rotatable bonds is 2. The second kappa shape index (κ2) is 11.7. The molecule has 0 amide bonds. The molecule has 1 aliphatic heterocycles. The SMILES string of the molecule is Cc1cc2c(cc1N1c3cc4c(cc3[B]c3c1cc1ccccc1c3-c1cccc3c5c([nH]c13)C(C)(C)c1ccccc1-5)C(C)(C)c1ccccc1-4)C(C)(C)CCC2(C)C. The van der Waals surface area contributed by atoms with Gasteiger partial charge in [-0.2, -0.15) is 0 Å². The minimum absolute atomic E-state index is 0.0758. The summed E-state index contributed by atoms with van der Waals surface area (Å²) >= 11 is 0. The standard InChI is InChI=1S/C57H52BN2/c1-32-27-43-44(55(4,5)26-25-54(43,2)3)31-46(32)60-47-29-39-35-19-12-14-23-40(35)56(6,7)42(39)30-45(47)58-51-48(60)28-33-17-10-11-18-34(33)49(51)37-21-16-22-38-50-36-20-13-15-24-41(36)57(8,9)53(50)59-52(37)38/h10-24,27-31,59H,25-26H2,1-9H3. The second-order valence-corrected chi connectivity index (χ2v) is 20.7. The number of aromatic nitrogens is 1. The molecule has 2 heterocycles. The predicted octanol–water partition coefficient (Wildman–Crippen LogP) is 13.7. The fraction of sp³-hybridized carbons (Fsp3) is 0.263. The summed E-state index contributed by atoms with van der Waals surface area (Å²) in [4.78, 5) is 6.75. The highest BCUT2D eigenvalue weighted by molar-refractivity contribution is 6.74. The minimum atomic E-state index is -0.126. The van der Waals surface area contributed by atoms with Crippen molar-refractivity contribution in [3.63, 3.8) is 0 Å². The van der Waals surface area contributed by atoms with Crippen molar-refractivity contribution < 1.29 is 0 Å². The summed E-state index contributed by atoms with van der Waals surface area (Å²) in [7, 11) is 2.53. The molecule has 0 fully saturated rings. The number of para-hydroxylation sites is 1. The van der Waals surface area contributed by atoms with Crippen LogP contribution in [0.4, 0.5) is 17.1 Å². The third kappa shape index (κ3) is 4.62. The zero-order chi connectivity index (χ0) is 41.2. The number of nitrogens with one attached hydrogen (secondary N) is 1. The first kappa shape index (κ1) is 36.1. The van der Waals surface area contributed by atoms with Gasteiger partial charge in [-0.05, 0) is 121 Å². The first-order valence-electron chi connectivity index (χ1n) is 22.1. The molecular weight excluding hydrogens is 723 g/mol. The molecule has 12 rings (SSSR count). The van der Waals surface area contributed by atoms with Crippen LogP contribution in [0.2, 0.25) is 0 Å². The molecule has 1 radical (unpaired) electrons. The summed E-state index contributed by atoms with van der Waals surface area (Å²) in [5, 5.41) is 3.82. The van der Waals surface area contributed by atoms with Gasteiger partial charge in [-0.15, -0.1) is 0 Å². The van der Waals surface area contributed by atoms with Crippen molar-refractivity contribution >= 4 is 56.9 Å². The van der Waals surface area contributed by atoms with Gasteiger partial charge in [-0.1, -0.05) is 164 Å². The van der Waals surface area contributed by atoms with Crippen molar-refractivity contribution in [2.24, 2.45) is 0 Å². The highest BCUT2D eigenvalue weighted by Gasteiger charge is 2.42. The largest absolute Gasteiger partial charge is 0.357 e. The second-order valence-electron chi connectivity index (χ2n) is 20.7. The van der Waals surface area contributed by atoms with Gasteiger partial charge in [-0.3, -0.25) is 0 Å². The van der Waals surface area contributed by atoms with Crippen molar-refractivity contribution in [2.45, 2.75) is 96.8 Å². The Morgan fingerprint density at radius 1 is 0.500 bits per heavy atom. The molecule has 4 aliphatic rings. The summed E-state index contributed by atoms with van der Waals surface area (Å²) in [6.45, 7) is 21.7. The lowest BCUT2D eigenvalue weighted by molar-refractivity contribution is 0.332. The van der Waals surface area contributed by atoms with Crippen LogP contribution in [0.25, 0.3) is 55.1 Å². The van der Waals surface area contributed by atoms with Crippen molar-refractivity contribution in [3.05, 3.63) is 160 Å². The smallest absolute Gasteiger partial charge is 0.197 e. The lowest BCUT2D eigenvalue weighted by Crippen LogP contribution is -2.42. The number of hydrogen-bond acceptors (Lipinski definition) is 1. The van der Waals surface area contributed by atoms with E-state index < -0.39 is 0 Å². The van der Waals surface area contributed by atoms with E-state index in [0.29, 0.717) is 0 Å².